The second kappa shape index (κ2) is 9.97. The van der Waals surface area contributed by atoms with Crippen LogP contribution in [0.4, 0.5) is 5.69 Å². The standard InChI is InChI=1S/C32H30ClN3OS/c1-20-7-6-9-27(21(20)2)34-31(38)30-29(23-12-16-25(37-3)17-13-23)26-8-4-5-18-35-28(19-36(30)32(26)35)22-10-14-24(33)15-11-22/h6-7,9-17,19H,4-5,8,18H2,1-3H3,(H,34,38). The molecule has 3 aromatic carbocycles. The summed E-state index contributed by atoms with van der Waals surface area (Å²) in [4.78, 5) is 0.714. The molecule has 1 aliphatic heterocycles. The van der Waals surface area contributed by atoms with Crippen LogP contribution in [-0.2, 0) is 13.0 Å². The Hall–Kier alpha value is -3.54. The SMILES string of the molecule is COc1ccc(-c2c3c4n(c(-c5ccc(Cl)cc5)cn4c2C(=S)Nc2cccc(C)c2C)CCCC3)cc1. The van der Waals surface area contributed by atoms with Gasteiger partial charge in [-0.15, -0.1) is 0 Å². The van der Waals surface area contributed by atoms with E-state index in [1.165, 1.54) is 33.6 Å². The van der Waals surface area contributed by atoms with Gasteiger partial charge in [-0.3, -0.25) is 4.40 Å². The molecule has 6 rings (SSSR count). The van der Waals surface area contributed by atoms with Gasteiger partial charge in [0, 0.05) is 34.6 Å². The Labute approximate surface area is 233 Å². The summed E-state index contributed by atoms with van der Waals surface area (Å²) in [6, 6.07) is 22.8. The van der Waals surface area contributed by atoms with Crippen molar-refractivity contribution in [3.8, 4) is 28.1 Å². The zero-order chi connectivity index (χ0) is 26.4. The zero-order valence-electron chi connectivity index (χ0n) is 21.8. The number of benzene rings is 3. The molecule has 1 aliphatic rings. The second-order valence-corrected chi connectivity index (χ2v) is 10.8. The van der Waals surface area contributed by atoms with Gasteiger partial charge in [0.25, 0.3) is 0 Å². The number of halogens is 1. The first-order valence-corrected chi connectivity index (χ1v) is 13.8. The zero-order valence-corrected chi connectivity index (χ0v) is 23.4. The molecular weight excluding hydrogens is 510 g/mol. The molecule has 0 radical (unpaired) electrons. The molecule has 6 heteroatoms. The number of rotatable bonds is 5. The topological polar surface area (TPSA) is 30.6 Å². The van der Waals surface area contributed by atoms with Crippen molar-refractivity contribution in [1.82, 2.24) is 8.97 Å². The van der Waals surface area contributed by atoms with E-state index in [0.29, 0.717) is 4.99 Å². The maximum atomic E-state index is 6.22. The van der Waals surface area contributed by atoms with Crippen LogP contribution in [0, 0.1) is 13.8 Å². The smallest absolute Gasteiger partial charge is 0.128 e. The first-order chi connectivity index (χ1) is 18.5. The molecular formula is C32H30ClN3OS. The molecule has 0 spiro atoms. The Bertz CT molecular complexity index is 1660. The fraction of sp³-hybridized carbons (Fsp3) is 0.219. The molecule has 2 aromatic heterocycles. The average molecular weight is 540 g/mol. The normalized spacial score (nSPS) is 12.9. The first-order valence-electron chi connectivity index (χ1n) is 13.0. The van der Waals surface area contributed by atoms with Crippen LogP contribution in [0.5, 0.6) is 5.75 Å². The van der Waals surface area contributed by atoms with Crippen LogP contribution in [0.3, 0.4) is 0 Å². The molecule has 0 bridgehead atoms. The number of nitrogens with one attached hydrogen (secondary N) is 1. The number of methoxy groups -OCH3 is 1. The van der Waals surface area contributed by atoms with Gasteiger partial charge in [0.1, 0.15) is 16.4 Å². The van der Waals surface area contributed by atoms with Crippen molar-refractivity contribution in [3.05, 3.63) is 100 Å². The third-order valence-electron chi connectivity index (χ3n) is 7.72. The molecule has 3 heterocycles. The van der Waals surface area contributed by atoms with Crippen LogP contribution in [0.15, 0.2) is 72.9 Å². The van der Waals surface area contributed by atoms with Crippen LogP contribution in [0.2, 0.25) is 5.02 Å². The number of imidazole rings is 1. The van der Waals surface area contributed by atoms with Crippen molar-refractivity contribution in [2.75, 3.05) is 12.4 Å². The predicted octanol–water partition coefficient (Wildman–Crippen LogP) is 8.48. The highest BCUT2D eigenvalue weighted by molar-refractivity contribution is 7.81. The summed E-state index contributed by atoms with van der Waals surface area (Å²) in [5.74, 6) is 0.843. The lowest BCUT2D eigenvalue weighted by molar-refractivity contribution is 0.415. The third kappa shape index (κ3) is 4.20. The Morgan fingerprint density at radius 3 is 2.42 bits per heavy atom. The Kier molecular flexibility index (Phi) is 6.50. The van der Waals surface area contributed by atoms with E-state index in [4.69, 9.17) is 28.6 Å². The number of anilines is 1. The van der Waals surface area contributed by atoms with Gasteiger partial charge < -0.3 is 14.6 Å². The molecule has 0 saturated carbocycles. The van der Waals surface area contributed by atoms with Crippen molar-refractivity contribution >= 4 is 40.1 Å². The van der Waals surface area contributed by atoms with Gasteiger partial charge in [0.15, 0.2) is 0 Å². The minimum absolute atomic E-state index is 0.714. The maximum absolute atomic E-state index is 6.22. The monoisotopic (exact) mass is 539 g/mol. The average Bonchev–Trinajstić information content (AvgIpc) is 3.34. The van der Waals surface area contributed by atoms with E-state index in [1.807, 2.05) is 24.3 Å². The van der Waals surface area contributed by atoms with E-state index in [9.17, 15) is 0 Å². The number of hydrogen-bond donors (Lipinski definition) is 1. The molecule has 0 atom stereocenters. The summed E-state index contributed by atoms with van der Waals surface area (Å²) in [5.41, 5.74) is 11.7. The van der Waals surface area contributed by atoms with E-state index < -0.39 is 0 Å². The highest BCUT2D eigenvalue weighted by Crippen LogP contribution is 2.40. The van der Waals surface area contributed by atoms with Gasteiger partial charge in [-0.2, -0.15) is 0 Å². The van der Waals surface area contributed by atoms with Gasteiger partial charge >= 0.3 is 0 Å². The Morgan fingerprint density at radius 1 is 0.947 bits per heavy atom. The molecule has 0 unspecified atom stereocenters. The van der Waals surface area contributed by atoms with Crippen molar-refractivity contribution in [3.63, 3.8) is 0 Å². The van der Waals surface area contributed by atoms with E-state index in [2.05, 4.69) is 76.8 Å². The minimum Gasteiger partial charge on any atom is -0.497 e. The van der Waals surface area contributed by atoms with E-state index in [1.54, 1.807) is 7.11 Å². The summed E-state index contributed by atoms with van der Waals surface area (Å²) in [7, 11) is 1.70. The molecule has 192 valence electrons. The molecule has 0 saturated heterocycles. The van der Waals surface area contributed by atoms with Crippen LogP contribution >= 0.6 is 23.8 Å². The molecule has 0 amide bonds. The molecule has 4 nitrogen and oxygen atoms in total. The predicted molar refractivity (Wildman–Crippen MR) is 162 cm³/mol. The quantitative estimate of drug-likeness (QED) is 0.227. The van der Waals surface area contributed by atoms with Crippen molar-refractivity contribution in [2.24, 2.45) is 0 Å². The lowest BCUT2D eigenvalue weighted by Gasteiger charge is -2.15. The second-order valence-electron chi connectivity index (χ2n) is 9.96. The van der Waals surface area contributed by atoms with Crippen LogP contribution < -0.4 is 10.1 Å². The summed E-state index contributed by atoms with van der Waals surface area (Å²) in [6.07, 6.45) is 5.50. The lowest BCUT2D eigenvalue weighted by atomic mass is 9.97. The van der Waals surface area contributed by atoms with Gasteiger partial charge in [-0.05, 0) is 85.7 Å². The fourth-order valence-corrected chi connectivity index (χ4v) is 6.03. The van der Waals surface area contributed by atoms with Gasteiger partial charge in [-0.25, -0.2) is 0 Å². The van der Waals surface area contributed by atoms with Crippen molar-refractivity contribution in [1.29, 1.82) is 0 Å². The summed E-state index contributed by atoms with van der Waals surface area (Å²) < 4.78 is 10.2. The number of thiocarbonyl (C=S) groups is 1. The maximum Gasteiger partial charge on any atom is 0.128 e. The molecule has 38 heavy (non-hydrogen) atoms. The number of hydrogen-bond acceptors (Lipinski definition) is 2. The Balaban J connectivity index is 1.60. The minimum atomic E-state index is 0.714. The number of ether oxygens (including phenoxy) is 1. The fourth-order valence-electron chi connectivity index (χ4n) is 5.60. The van der Waals surface area contributed by atoms with Gasteiger partial charge in [0.05, 0.1) is 18.5 Å². The molecule has 1 N–H and O–H groups in total. The number of nitrogens with zero attached hydrogens (tertiary/aromatic N) is 2. The van der Waals surface area contributed by atoms with Crippen LogP contribution in [-0.4, -0.2) is 21.1 Å². The molecule has 0 aliphatic carbocycles. The van der Waals surface area contributed by atoms with Crippen molar-refractivity contribution < 1.29 is 4.74 Å². The highest BCUT2D eigenvalue weighted by atomic mass is 35.5. The first kappa shape index (κ1) is 24.8. The molecule has 5 aromatic rings. The van der Waals surface area contributed by atoms with Crippen LogP contribution in [0.1, 0.15) is 35.2 Å². The summed E-state index contributed by atoms with van der Waals surface area (Å²) in [5, 5.41) is 4.34. The Morgan fingerprint density at radius 2 is 1.68 bits per heavy atom. The van der Waals surface area contributed by atoms with Gasteiger partial charge in [-0.1, -0.05) is 60.2 Å². The number of aromatic nitrogens is 2. The van der Waals surface area contributed by atoms with Crippen LogP contribution in [0.25, 0.3) is 28.0 Å². The summed E-state index contributed by atoms with van der Waals surface area (Å²) >= 11 is 12.4. The van der Waals surface area contributed by atoms with Gasteiger partial charge in [0.2, 0.25) is 0 Å². The van der Waals surface area contributed by atoms with Crippen molar-refractivity contribution in [2.45, 2.75) is 39.7 Å². The molecule has 0 fully saturated rings. The largest absolute Gasteiger partial charge is 0.497 e. The summed E-state index contributed by atoms with van der Waals surface area (Å²) in [6.45, 7) is 5.23. The third-order valence-corrected chi connectivity index (χ3v) is 8.27. The highest BCUT2D eigenvalue weighted by Gasteiger charge is 2.28. The van der Waals surface area contributed by atoms with E-state index in [0.717, 1.165) is 59.1 Å². The van der Waals surface area contributed by atoms with E-state index in [-0.39, 0.29) is 0 Å². The van der Waals surface area contributed by atoms with E-state index >= 15 is 0 Å². The lowest BCUT2D eigenvalue weighted by Crippen LogP contribution is -2.15. The number of aryl methyl sites for hydroxylation is 3.